The van der Waals surface area contributed by atoms with Gasteiger partial charge in [0.25, 0.3) is 5.91 Å². The molecule has 1 aromatic carbocycles. The highest BCUT2D eigenvalue weighted by Crippen LogP contribution is 2.30. The number of anilines is 1. The summed E-state index contributed by atoms with van der Waals surface area (Å²) in [6, 6.07) is 5.74. The van der Waals surface area contributed by atoms with E-state index in [2.05, 4.69) is 4.99 Å². The second-order valence-electron chi connectivity index (χ2n) is 6.73. The highest BCUT2D eigenvalue weighted by Gasteiger charge is 2.33. The first-order chi connectivity index (χ1) is 10.1. The molecular formula is C17H23N3O2. The van der Waals surface area contributed by atoms with Crippen molar-refractivity contribution in [2.75, 3.05) is 11.4 Å². The topological polar surface area (TPSA) is 75.8 Å². The molecule has 1 unspecified atom stereocenters. The summed E-state index contributed by atoms with van der Waals surface area (Å²) in [5, 5.41) is 0. The second kappa shape index (κ2) is 5.65. The van der Waals surface area contributed by atoms with Gasteiger partial charge >= 0.3 is 0 Å². The van der Waals surface area contributed by atoms with Crippen LogP contribution in [0.4, 0.5) is 5.69 Å². The molecule has 0 saturated heterocycles. The minimum atomic E-state index is -0.973. The maximum absolute atomic E-state index is 12.6. The summed E-state index contributed by atoms with van der Waals surface area (Å²) in [6.45, 7) is 9.30. The summed E-state index contributed by atoms with van der Waals surface area (Å²) in [7, 11) is 0. The molecule has 0 fully saturated rings. The quantitative estimate of drug-likeness (QED) is 0.908. The van der Waals surface area contributed by atoms with Crippen molar-refractivity contribution in [3.63, 3.8) is 0 Å². The van der Waals surface area contributed by atoms with Gasteiger partial charge in [-0.2, -0.15) is 0 Å². The number of nitrogens with two attached hydrogens (primary N) is 1. The highest BCUT2D eigenvalue weighted by atomic mass is 16.2. The predicted octanol–water partition coefficient (Wildman–Crippen LogP) is 2.05. The van der Waals surface area contributed by atoms with E-state index in [1.54, 1.807) is 0 Å². The largest absolute Gasteiger partial charge is 0.302 e. The molecule has 0 bridgehead atoms. The van der Waals surface area contributed by atoms with Gasteiger partial charge in [0.15, 0.2) is 11.9 Å². The number of carbonyl (C=O) groups is 2. The Kier molecular flexibility index (Phi) is 4.20. The fourth-order valence-corrected chi connectivity index (χ4v) is 2.45. The summed E-state index contributed by atoms with van der Waals surface area (Å²) >= 11 is 0. The van der Waals surface area contributed by atoms with Crippen molar-refractivity contribution in [2.45, 2.75) is 40.8 Å². The van der Waals surface area contributed by atoms with Crippen molar-refractivity contribution >= 4 is 23.1 Å². The number of amides is 1. The van der Waals surface area contributed by atoms with Crippen LogP contribution in [0.15, 0.2) is 23.2 Å². The summed E-state index contributed by atoms with van der Waals surface area (Å²) in [5.74, 6) is -0.355. The van der Waals surface area contributed by atoms with Crippen LogP contribution in [0.5, 0.6) is 0 Å². The van der Waals surface area contributed by atoms with Crippen LogP contribution in [0.25, 0.3) is 0 Å². The van der Waals surface area contributed by atoms with Gasteiger partial charge in [-0.1, -0.05) is 39.0 Å². The smallest absolute Gasteiger partial charge is 0.266 e. The molecular weight excluding hydrogens is 278 g/mol. The molecule has 1 heterocycles. The average molecular weight is 301 g/mol. The van der Waals surface area contributed by atoms with Crippen molar-refractivity contribution in [2.24, 2.45) is 16.1 Å². The lowest BCUT2D eigenvalue weighted by Gasteiger charge is -2.28. The summed E-state index contributed by atoms with van der Waals surface area (Å²) < 4.78 is 0. The van der Waals surface area contributed by atoms with Crippen LogP contribution in [-0.2, 0) is 9.59 Å². The van der Waals surface area contributed by atoms with E-state index in [1.165, 1.54) is 4.90 Å². The number of benzodiazepines with no additional fused rings is 1. The number of rotatable bonds is 2. The van der Waals surface area contributed by atoms with Gasteiger partial charge in [-0.3, -0.25) is 14.6 Å². The Morgan fingerprint density at radius 3 is 2.55 bits per heavy atom. The molecule has 1 aromatic rings. The lowest BCUT2D eigenvalue weighted by atomic mass is 9.90. The molecule has 0 aliphatic carbocycles. The number of ketones is 1. The maximum atomic E-state index is 12.6. The van der Waals surface area contributed by atoms with E-state index in [0.29, 0.717) is 5.71 Å². The van der Waals surface area contributed by atoms with E-state index in [0.717, 1.165) is 16.8 Å². The molecule has 2 N–H and O–H groups in total. The van der Waals surface area contributed by atoms with Gasteiger partial charge in [-0.25, -0.2) is 0 Å². The van der Waals surface area contributed by atoms with Gasteiger partial charge < -0.3 is 10.6 Å². The molecule has 1 atom stereocenters. The molecule has 0 saturated carbocycles. The molecule has 0 aromatic heterocycles. The van der Waals surface area contributed by atoms with E-state index in [-0.39, 0.29) is 18.2 Å². The average Bonchev–Trinajstić information content (AvgIpc) is 2.50. The van der Waals surface area contributed by atoms with Crippen LogP contribution in [0.2, 0.25) is 0 Å². The fourth-order valence-electron chi connectivity index (χ4n) is 2.45. The van der Waals surface area contributed by atoms with Gasteiger partial charge in [0.05, 0.1) is 12.2 Å². The number of nitrogens with zero attached hydrogens (tertiary/aromatic N) is 2. The third-order valence-electron chi connectivity index (χ3n) is 3.89. The zero-order valence-electron chi connectivity index (χ0n) is 13.8. The highest BCUT2D eigenvalue weighted by molar-refractivity contribution is 6.14. The molecule has 22 heavy (non-hydrogen) atoms. The maximum Gasteiger partial charge on any atom is 0.266 e. The lowest BCUT2D eigenvalue weighted by Crippen LogP contribution is -2.46. The molecule has 5 nitrogen and oxygen atoms in total. The minimum absolute atomic E-state index is 0.0106. The van der Waals surface area contributed by atoms with E-state index in [4.69, 9.17) is 5.73 Å². The first kappa shape index (κ1) is 16.4. The van der Waals surface area contributed by atoms with Crippen LogP contribution < -0.4 is 10.6 Å². The van der Waals surface area contributed by atoms with Gasteiger partial charge in [-0.15, -0.1) is 0 Å². The monoisotopic (exact) mass is 301 g/mol. The van der Waals surface area contributed by atoms with Crippen molar-refractivity contribution < 1.29 is 9.59 Å². The second-order valence-corrected chi connectivity index (χ2v) is 6.73. The van der Waals surface area contributed by atoms with Gasteiger partial charge in [0.1, 0.15) is 0 Å². The number of carbonyl (C=O) groups excluding carboxylic acids is 2. The zero-order chi connectivity index (χ0) is 16.7. The van der Waals surface area contributed by atoms with Crippen molar-refractivity contribution in [1.29, 1.82) is 0 Å². The van der Waals surface area contributed by atoms with E-state index in [1.807, 2.05) is 52.8 Å². The normalized spacial score (nSPS) is 18.6. The number of hydrogen-bond acceptors (Lipinski definition) is 4. The standard InChI is InChI=1S/C17H23N3O2/c1-10-7-6-8-12-11(2)19-15(18)16(22)20(14(10)12)9-13(21)17(3,4)5/h6-8,15H,9,18H2,1-5H3. The molecule has 1 aliphatic heterocycles. The van der Waals surface area contributed by atoms with Crippen molar-refractivity contribution in [3.8, 4) is 0 Å². The number of hydrogen-bond donors (Lipinski definition) is 1. The Bertz CT molecular complexity index is 656. The molecule has 118 valence electrons. The summed E-state index contributed by atoms with van der Waals surface area (Å²) in [5.41, 5.74) is 8.59. The molecule has 2 rings (SSSR count). The zero-order valence-corrected chi connectivity index (χ0v) is 13.8. The number of para-hydroxylation sites is 1. The number of aryl methyl sites for hydroxylation is 1. The van der Waals surface area contributed by atoms with Crippen LogP contribution >= 0.6 is 0 Å². The van der Waals surface area contributed by atoms with Crippen LogP contribution in [0.1, 0.15) is 38.8 Å². The Hall–Kier alpha value is -2.01. The Labute approximate surface area is 131 Å². The lowest BCUT2D eigenvalue weighted by molar-refractivity contribution is -0.127. The van der Waals surface area contributed by atoms with Crippen molar-refractivity contribution in [1.82, 2.24) is 0 Å². The molecule has 1 amide bonds. The van der Waals surface area contributed by atoms with Gasteiger partial charge in [-0.05, 0) is 19.4 Å². The van der Waals surface area contributed by atoms with Crippen LogP contribution in [0, 0.1) is 12.3 Å². The number of Topliss-reactive ketones (excluding diaryl/α,β-unsaturated/α-hetero) is 1. The summed E-state index contributed by atoms with van der Waals surface area (Å²) in [6.07, 6.45) is -0.973. The molecule has 0 spiro atoms. The summed E-state index contributed by atoms with van der Waals surface area (Å²) in [4.78, 5) is 30.8. The Balaban J connectivity index is 2.56. The SMILES string of the molecule is CC1=NC(N)C(=O)N(CC(=O)C(C)(C)C)c2c(C)cccc21. The molecule has 1 aliphatic rings. The van der Waals surface area contributed by atoms with E-state index >= 15 is 0 Å². The number of fused-ring (bicyclic) bond motifs is 1. The Morgan fingerprint density at radius 2 is 1.95 bits per heavy atom. The third-order valence-corrected chi connectivity index (χ3v) is 3.89. The number of benzene rings is 1. The first-order valence-electron chi connectivity index (χ1n) is 7.37. The molecule has 0 radical (unpaired) electrons. The van der Waals surface area contributed by atoms with Gasteiger partial charge in [0.2, 0.25) is 0 Å². The van der Waals surface area contributed by atoms with Crippen LogP contribution in [0.3, 0.4) is 0 Å². The van der Waals surface area contributed by atoms with E-state index in [9.17, 15) is 9.59 Å². The van der Waals surface area contributed by atoms with Crippen molar-refractivity contribution in [3.05, 3.63) is 29.3 Å². The van der Waals surface area contributed by atoms with Crippen LogP contribution in [-0.4, -0.2) is 30.1 Å². The number of aliphatic imine (C=N–C) groups is 1. The van der Waals surface area contributed by atoms with Gasteiger partial charge in [0, 0.05) is 16.7 Å². The molecule has 5 heteroatoms. The predicted molar refractivity (Wildman–Crippen MR) is 88.2 cm³/mol. The third kappa shape index (κ3) is 2.95. The minimum Gasteiger partial charge on any atom is -0.302 e. The first-order valence-corrected chi connectivity index (χ1v) is 7.37. The Morgan fingerprint density at radius 1 is 1.32 bits per heavy atom. The fraction of sp³-hybridized carbons (Fsp3) is 0.471. The van der Waals surface area contributed by atoms with E-state index < -0.39 is 11.6 Å².